The lowest BCUT2D eigenvalue weighted by molar-refractivity contribution is -0.137. The van der Waals surface area contributed by atoms with Gasteiger partial charge in [-0.3, -0.25) is 0 Å². The summed E-state index contributed by atoms with van der Waals surface area (Å²) in [6, 6.07) is 12.4. The van der Waals surface area contributed by atoms with Crippen LogP contribution in [0.3, 0.4) is 0 Å². The molecule has 0 aliphatic carbocycles. The summed E-state index contributed by atoms with van der Waals surface area (Å²) in [5, 5.41) is 0. The van der Waals surface area contributed by atoms with Gasteiger partial charge in [0.25, 0.3) is 0 Å². The van der Waals surface area contributed by atoms with E-state index < -0.39 is 11.7 Å². The van der Waals surface area contributed by atoms with E-state index >= 15 is 0 Å². The first-order valence-corrected chi connectivity index (χ1v) is 7.23. The second-order valence-corrected chi connectivity index (χ2v) is 5.06. The average Bonchev–Trinajstić information content (AvgIpc) is 2.61. The van der Waals surface area contributed by atoms with Crippen molar-refractivity contribution in [3.8, 4) is 5.75 Å². The molecule has 0 aromatic heterocycles. The van der Waals surface area contributed by atoms with Crippen molar-refractivity contribution in [3.63, 3.8) is 0 Å². The Balaban J connectivity index is 1.96. The molecular weight excluding hydrogens is 319 g/mol. The lowest BCUT2D eigenvalue weighted by Gasteiger charge is -2.20. The van der Waals surface area contributed by atoms with Crippen LogP contribution in [0.5, 0.6) is 5.75 Å². The molecular formula is C18H14F3NO2. The second-order valence-electron chi connectivity index (χ2n) is 5.06. The van der Waals surface area contributed by atoms with Crippen LogP contribution >= 0.6 is 0 Å². The summed E-state index contributed by atoms with van der Waals surface area (Å²) in [6.07, 6.45) is -2.77. The van der Waals surface area contributed by atoms with Crippen molar-refractivity contribution in [2.24, 2.45) is 4.99 Å². The Kier molecular flexibility index (Phi) is 4.29. The van der Waals surface area contributed by atoms with Crippen molar-refractivity contribution in [2.75, 3.05) is 13.7 Å². The van der Waals surface area contributed by atoms with Gasteiger partial charge in [-0.1, -0.05) is 24.3 Å². The third-order valence-corrected chi connectivity index (χ3v) is 3.55. The second kappa shape index (κ2) is 6.39. The predicted octanol–water partition coefficient (Wildman–Crippen LogP) is 4.53. The van der Waals surface area contributed by atoms with E-state index in [-0.39, 0.29) is 18.0 Å². The molecule has 3 nitrogen and oxygen atoms in total. The minimum Gasteiger partial charge on any atom is -0.496 e. The molecule has 3 rings (SSSR count). The molecule has 0 saturated heterocycles. The zero-order chi connectivity index (χ0) is 17.2. The average molecular weight is 333 g/mol. The monoisotopic (exact) mass is 333 g/mol. The number of ether oxygens (including phenoxy) is 2. The normalized spacial score (nSPS) is 14.5. The van der Waals surface area contributed by atoms with Crippen molar-refractivity contribution in [2.45, 2.75) is 6.18 Å². The summed E-state index contributed by atoms with van der Waals surface area (Å²) in [6.45, 7) is 0.231. The van der Waals surface area contributed by atoms with Crippen LogP contribution in [0.1, 0.15) is 16.7 Å². The van der Waals surface area contributed by atoms with Gasteiger partial charge in [-0.15, -0.1) is 0 Å². The number of aliphatic imine (C=N–C) groups is 1. The fraction of sp³-hybridized carbons (Fsp3) is 0.167. The zero-order valence-corrected chi connectivity index (χ0v) is 12.8. The van der Waals surface area contributed by atoms with Gasteiger partial charge < -0.3 is 9.47 Å². The van der Waals surface area contributed by atoms with E-state index in [0.717, 1.165) is 6.07 Å². The highest BCUT2D eigenvalue weighted by Gasteiger charge is 2.35. The van der Waals surface area contributed by atoms with Crippen molar-refractivity contribution in [3.05, 3.63) is 71.3 Å². The molecule has 2 aromatic carbocycles. The molecule has 0 fully saturated rings. The molecule has 0 saturated carbocycles. The van der Waals surface area contributed by atoms with Crippen LogP contribution in [0.25, 0.3) is 5.76 Å². The highest BCUT2D eigenvalue weighted by molar-refractivity contribution is 6.00. The van der Waals surface area contributed by atoms with E-state index in [2.05, 4.69) is 4.99 Å². The van der Waals surface area contributed by atoms with Crippen molar-refractivity contribution >= 4 is 11.7 Å². The predicted molar refractivity (Wildman–Crippen MR) is 84.9 cm³/mol. The number of hydrogen-bond acceptors (Lipinski definition) is 3. The topological polar surface area (TPSA) is 30.8 Å². The number of hydrogen-bond donors (Lipinski definition) is 0. The fourth-order valence-electron chi connectivity index (χ4n) is 2.46. The molecule has 0 N–H and O–H groups in total. The van der Waals surface area contributed by atoms with Crippen molar-refractivity contribution in [1.29, 1.82) is 0 Å². The molecule has 124 valence electrons. The smallest absolute Gasteiger partial charge is 0.417 e. The molecule has 6 heteroatoms. The number of para-hydroxylation sites is 1. The maximum Gasteiger partial charge on any atom is 0.417 e. The number of rotatable bonds is 3. The first-order valence-electron chi connectivity index (χ1n) is 7.23. The Labute approximate surface area is 137 Å². The summed E-state index contributed by atoms with van der Waals surface area (Å²) in [4.78, 5) is 4.08. The molecule has 1 aliphatic heterocycles. The van der Waals surface area contributed by atoms with Gasteiger partial charge in [-0.2, -0.15) is 13.2 Å². The maximum absolute atomic E-state index is 13.2. The molecule has 2 aromatic rings. The number of benzene rings is 2. The van der Waals surface area contributed by atoms with Crippen LogP contribution in [0.2, 0.25) is 0 Å². The Hall–Kier alpha value is -2.76. The standard InChI is InChI=1S/C18H14F3NO2/c1-23-15-9-5-3-7-13(15)16-10-11-22-17(24-16)12-6-2-4-8-14(12)18(19,20)21/h2-10H,11H2,1H3. The molecule has 0 radical (unpaired) electrons. The van der Waals surface area contributed by atoms with Crippen LogP contribution in [0, 0.1) is 0 Å². The SMILES string of the molecule is COc1ccccc1C1=CCN=C(c2ccccc2C(F)(F)F)O1. The summed E-state index contributed by atoms with van der Waals surface area (Å²) in [7, 11) is 1.52. The van der Waals surface area contributed by atoms with Crippen LogP contribution in [0.4, 0.5) is 13.2 Å². The molecule has 0 bridgehead atoms. The van der Waals surface area contributed by atoms with Gasteiger partial charge in [0, 0.05) is 5.56 Å². The third kappa shape index (κ3) is 3.13. The van der Waals surface area contributed by atoms with Crippen LogP contribution in [-0.2, 0) is 10.9 Å². The van der Waals surface area contributed by atoms with Crippen LogP contribution in [0.15, 0.2) is 59.6 Å². The fourth-order valence-corrected chi connectivity index (χ4v) is 2.46. The third-order valence-electron chi connectivity index (χ3n) is 3.55. The van der Waals surface area contributed by atoms with E-state index in [0.29, 0.717) is 17.1 Å². The van der Waals surface area contributed by atoms with E-state index in [1.165, 1.54) is 25.3 Å². The van der Waals surface area contributed by atoms with Gasteiger partial charge in [-0.05, 0) is 30.3 Å². The van der Waals surface area contributed by atoms with E-state index in [1.54, 1.807) is 30.3 Å². The number of halogens is 3. The first kappa shape index (κ1) is 16.1. The van der Waals surface area contributed by atoms with E-state index in [9.17, 15) is 13.2 Å². The van der Waals surface area contributed by atoms with Gasteiger partial charge in [0.1, 0.15) is 11.5 Å². The first-order chi connectivity index (χ1) is 11.5. The highest BCUT2D eigenvalue weighted by Crippen LogP contribution is 2.34. The molecule has 0 atom stereocenters. The quantitative estimate of drug-likeness (QED) is 0.826. The summed E-state index contributed by atoms with van der Waals surface area (Å²) < 4.78 is 50.5. The van der Waals surface area contributed by atoms with Crippen LogP contribution in [-0.4, -0.2) is 19.6 Å². The Bertz CT molecular complexity index is 810. The Morgan fingerprint density at radius 2 is 1.67 bits per heavy atom. The van der Waals surface area contributed by atoms with Crippen molar-refractivity contribution < 1.29 is 22.6 Å². The number of nitrogens with zero attached hydrogens (tertiary/aromatic N) is 1. The van der Waals surface area contributed by atoms with Gasteiger partial charge in [0.15, 0.2) is 0 Å². The zero-order valence-electron chi connectivity index (χ0n) is 12.8. The molecule has 1 aliphatic rings. The number of methoxy groups -OCH3 is 1. The minimum absolute atomic E-state index is 0.0497. The van der Waals surface area contributed by atoms with E-state index in [1.807, 2.05) is 0 Å². The summed E-state index contributed by atoms with van der Waals surface area (Å²) in [5.74, 6) is 0.954. The Morgan fingerprint density at radius 1 is 1.00 bits per heavy atom. The van der Waals surface area contributed by atoms with Crippen LogP contribution < -0.4 is 4.74 Å². The minimum atomic E-state index is -4.48. The van der Waals surface area contributed by atoms with Gasteiger partial charge in [0.2, 0.25) is 5.90 Å². The summed E-state index contributed by atoms with van der Waals surface area (Å²) in [5.41, 5.74) is -0.188. The molecule has 24 heavy (non-hydrogen) atoms. The molecule has 0 amide bonds. The molecule has 0 spiro atoms. The largest absolute Gasteiger partial charge is 0.496 e. The highest BCUT2D eigenvalue weighted by atomic mass is 19.4. The van der Waals surface area contributed by atoms with E-state index in [4.69, 9.17) is 9.47 Å². The lowest BCUT2D eigenvalue weighted by atomic mass is 10.1. The Morgan fingerprint density at radius 3 is 2.38 bits per heavy atom. The maximum atomic E-state index is 13.2. The van der Waals surface area contributed by atoms with Gasteiger partial charge >= 0.3 is 6.18 Å². The van der Waals surface area contributed by atoms with Gasteiger partial charge in [0.05, 0.1) is 24.8 Å². The van der Waals surface area contributed by atoms with Crippen molar-refractivity contribution in [1.82, 2.24) is 0 Å². The number of alkyl halides is 3. The molecule has 1 heterocycles. The van der Waals surface area contributed by atoms with Gasteiger partial charge in [-0.25, -0.2) is 4.99 Å². The lowest BCUT2D eigenvalue weighted by Crippen LogP contribution is -2.18. The summed E-state index contributed by atoms with van der Waals surface area (Å²) >= 11 is 0. The molecule has 0 unspecified atom stereocenters.